The van der Waals surface area contributed by atoms with Crippen molar-refractivity contribution in [3.8, 4) is 5.88 Å². The lowest BCUT2D eigenvalue weighted by Crippen LogP contribution is -2.02. The number of carbonyl (C=O) groups excluding carboxylic acids is 1. The van der Waals surface area contributed by atoms with Gasteiger partial charge in [0.2, 0.25) is 5.88 Å². The predicted octanol–water partition coefficient (Wildman–Crippen LogP) is 0.402. The van der Waals surface area contributed by atoms with Gasteiger partial charge < -0.3 is 4.74 Å². The Morgan fingerprint density at radius 2 is 2.50 bits per heavy atom. The van der Waals surface area contributed by atoms with Gasteiger partial charge in [0, 0.05) is 19.2 Å². The highest BCUT2D eigenvalue weighted by atomic mass is 16.5. The smallest absolute Gasteiger partial charge is 0.309 e. The number of hydrogen-bond donors (Lipinski definition) is 0. The maximum absolute atomic E-state index is 10.3. The molecule has 0 aliphatic rings. The molecule has 0 aliphatic heterocycles. The first-order chi connectivity index (χ1) is 4.79. The van der Waals surface area contributed by atoms with Crippen LogP contribution in [-0.4, -0.2) is 16.2 Å². The molecule has 10 heavy (non-hydrogen) atoms. The largest absolute Gasteiger partial charge is 0.406 e. The number of carbonyl (C=O) groups is 1. The zero-order valence-electron chi connectivity index (χ0n) is 5.44. The minimum Gasteiger partial charge on any atom is -0.406 e. The fraction of sp³-hybridized carbons (Fsp3) is 0.167. The Balaban J connectivity index is 2.67. The van der Waals surface area contributed by atoms with Gasteiger partial charge in [-0.25, -0.2) is 0 Å². The molecule has 52 valence electrons. The molecule has 0 aliphatic carbocycles. The Hall–Kier alpha value is -1.45. The lowest BCUT2D eigenvalue weighted by atomic mass is 10.6. The molecular weight excluding hydrogens is 132 g/mol. The number of aromatic nitrogens is 2. The molecule has 1 aromatic rings. The molecule has 0 atom stereocenters. The van der Waals surface area contributed by atoms with Crippen molar-refractivity contribution < 1.29 is 9.53 Å². The van der Waals surface area contributed by atoms with Crippen LogP contribution in [0.1, 0.15) is 6.92 Å². The summed E-state index contributed by atoms with van der Waals surface area (Å²) in [6.45, 7) is 1.31. The van der Waals surface area contributed by atoms with Crippen molar-refractivity contribution in [2.24, 2.45) is 0 Å². The van der Waals surface area contributed by atoms with Crippen LogP contribution in [0.25, 0.3) is 0 Å². The molecule has 0 spiro atoms. The highest BCUT2D eigenvalue weighted by Crippen LogP contribution is 2.00. The van der Waals surface area contributed by atoms with Crippen molar-refractivity contribution in [1.82, 2.24) is 10.2 Å². The van der Waals surface area contributed by atoms with Gasteiger partial charge in [-0.1, -0.05) is 0 Å². The number of ether oxygens (including phenoxy) is 1. The van der Waals surface area contributed by atoms with E-state index in [-0.39, 0.29) is 11.8 Å². The van der Waals surface area contributed by atoms with E-state index < -0.39 is 0 Å². The van der Waals surface area contributed by atoms with Crippen molar-refractivity contribution in [3.63, 3.8) is 0 Å². The quantitative estimate of drug-likeness (QED) is 0.527. The highest BCUT2D eigenvalue weighted by Gasteiger charge is 1.95. The van der Waals surface area contributed by atoms with E-state index >= 15 is 0 Å². The summed E-state index contributed by atoms with van der Waals surface area (Å²) in [7, 11) is 0. The summed E-state index contributed by atoms with van der Waals surface area (Å²) in [5, 5.41) is 7.04. The molecule has 4 heteroatoms. The summed E-state index contributed by atoms with van der Waals surface area (Å²) in [5.41, 5.74) is 0. The molecule has 0 radical (unpaired) electrons. The van der Waals surface area contributed by atoms with Gasteiger partial charge >= 0.3 is 5.97 Å². The molecule has 0 bridgehead atoms. The van der Waals surface area contributed by atoms with E-state index in [2.05, 4.69) is 14.9 Å². The number of rotatable bonds is 1. The van der Waals surface area contributed by atoms with Gasteiger partial charge in [0.25, 0.3) is 0 Å². The Kier molecular flexibility index (Phi) is 1.94. The zero-order chi connectivity index (χ0) is 7.40. The fourth-order valence-electron chi connectivity index (χ4n) is 0.489. The van der Waals surface area contributed by atoms with Crippen molar-refractivity contribution in [1.29, 1.82) is 0 Å². The van der Waals surface area contributed by atoms with Crippen LogP contribution in [0, 0.1) is 0 Å². The zero-order valence-corrected chi connectivity index (χ0v) is 5.44. The topological polar surface area (TPSA) is 52.1 Å². The highest BCUT2D eigenvalue weighted by molar-refractivity contribution is 5.68. The van der Waals surface area contributed by atoms with E-state index in [9.17, 15) is 4.79 Å². The van der Waals surface area contributed by atoms with Gasteiger partial charge in [-0.15, -0.1) is 5.10 Å². The Labute approximate surface area is 57.8 Å². The molecule has 0 saturated heterocycles. The minimum absolute atomic E-state index is 0.231. The third-order valence-corrected chi connectivity index (χ3v) is 0.796. The summed E-state index contributed by atoms with van der Waals surface area (Å²) >= 11 is 0. The number of esters is 1. The van der Waals surface area contributed by atoms with E-state index in [4.69, 9.17) is 0 Å². The first kappa shape index (κ1) is 6.67. The summed E-state index contributed by atoms with van der Waals surface area (Å²) < 4.78 is 4.60. The standard InChI is InChI=1S/C6H6N2O2/c1-5(9)10-6-3-2-4-7-8-6/h2-4H,1H3. The van der Waals surface area contributed by atoms with Crippen molar-refractivity contribution in [2.75, 3.05) is 0 Å². The summed E-state index contributed by atoms with van der Waals surface area (Å²) in [4.78, 5) is 10.3. The van der Waals surface area contributed by atoms with Gasteiger partial charge in [-0.2, -0.15) is 5.10 Å². The molecule has 1 rings (SSSR count). The maximum atomic E-state index is 10.3. The summed E-state index contributed by atoms with van der Waals surface area (Å²) in [6.07, 6.45) is 1.51. The average Bonchev–Trinajstić information content (AvgIpc) is 1.88. The second kappa shape index (κ2) is 2.91. The van der Waals surface area contributed by atoms with Crippen LogP contribution >= 0.6 is 0 Å². The Morgan fingerprint density at radius 3 is 3.00 bits per heavy atom. The summed E-state index contributed by atoms with van der Waals surface area (Å²) in [5.74, 6) is -0.157. The first-order valence-electron chi connectivity index (χ1n) is 2.75. The second-order valence-corrected chi connectivity index (χ2v) is 1.66. The van der Waals surface area contributed by atoms with Gasteiger partial charge in [0.1, 0.15) is 0 Å². The SMILES string of the molecule is CC(=O)Oc1cccnn1. The van der Waals surface area contributed by atoms with Crippen molar-refractivity contribution >= 4 is 5.97 Å². The van der Waals surface area contributed by atoms with E-state index in [1.54, 1.807) is 12.1 Å². The molecule has 0 saturated carbocycles. The molecular formula is C6H6N2O2. The number of hydrogen-bond acceptors (Lipinski definition) is 4. The van der Waals surface area contributed by atoms with Gasteiger partial charge in [-0.3, -0.25) is 4.79 Å². The number of nitrogens with zero attached hydrogens (tertiary/aromatic N) is 2. The summed E-state index contributed by atoms with van der Waals surface area (Å²) in [6, 6.07) is 3.21. The van der Waals surface area contributed by atoms with Crippen LogP contribution in [0.2, 0.25) is 0 Å². The normalized spacial score (nSPS) is 8.90. The monoisotopic (exact) mass is 138 g/mol. The minimum atomic E-state index is -0.388. The van der Waals surface area contributed by atoms with Crippen LogP contribution in [0.3, 0.4) is 0 Å². The molecule has 0 N–H and O–H groups in total. The van der Waals surface area contributed by atoms with Crippen molar-refractivity contribution in [2.45, 2.75) is 6.92 Å². The van der Waals surface area contributed by atoms with Crippen molar-refractivity contribution in [3.05, 3.63) is 18.3 Å². The van der Waals surface area contributed by atoms with Gasteiger partial charge in [-0.05, 0) is 6.07 Å². The van der Waals surface area contributed by atoms with Crippen LogP contribution in [-0.2, 0) is 4.79 Å². The van der Waals surface area contributed by atoms with Gasteiger partial charge in [0.15, 0.2) is 0 Å². The molecule has 0 unspecified atom stereocenters. The lowest BCUT2D eigenvalue weighted by Gasteiger charge is -1.94. The van der Waals surface area contributed by atoms with Crippen LogP contribution < -0.4 is 4.74 Å². The van der Waals surface area contributed by atoms with E-state index in [1.807, 2.05) is 0 Å². The molecule has 0 amide bonds. The molecule has 1 heterocycles. The van der Waals surface area contributed by atoms with Crippen LogP contribution in [0.4, 0.5) is 0 Å². The average molecular weight is 138 g/mol. The fourth-order valence-corrected chi connectivity index (χ4v) is 0.489. The molecule has 0 aromatic carbocycles. The third kappa shape index (κ3) is 1.81. The van der Waals surface area contributed by atoms with Crippen LogP contribution in [0.15, 0.2) is 18.3 Å². The van der Waals surface area contributed by atoms with E-state index in [0.29, 0.717) is 0 Å². The molecule has 4 nitrogen and oxygen atoms in total. The predicted molar refractivity (Wildman–Crippen MR) is 33.3 cm³/mol. The first-order valence-corrected chi connectivity index (χ1v) is 2.75. The second-order valence-electron chi connectivity index (χ2n) is 1.66. The third-order valence-electron chi connectivity index (χ3n) is 0.796. The maximum Gasteiger partial charge on any atom is 0.309 e. The van der Waals surface area contributed by atoms with E-state index in [0.717, 1.165) is 0 Å². The lowest BCUT2D eigenvalue weighted by molar-refractivity contribution is -0.132. The molecule has 1 aromatic heterocycles. The Bertz CT molecular complexity index is 222. The van der Waals surface area contributed by atoms with Gasteiger partial charge in [0.05, 0.1) is 0 Å². The van der Waals surface area contributed by atoms with Crippen LogP contribution in [0.5, 0.6) is 5.88 Å². The van der Waals surface area contributed by atoms with E-state index in [1.165, 1.54) is 13.1 Å². The molecule has 0 fully saturated rings. The Morgan fingerprint density at radius 1 is 1.70 bits per heavy atom.